The average molecular weight is 383 g/mol. The molecule has 2 N–H and O–H groups in total. The lowest BCUT2D eigenvalue weighted by Gasteiger charge is -2.22. The number of anilines is 2. The first-order valence-electron chi connectivity index (χ1n) is 9.66. The van der Waals surface area contributed by atoms with Gasteiger partial charge < -0.3 is 15.5 Å². The molecule has 3 rings (SSSR count). The van der Waals surface area contributed by atoms with Gasteiger partial charge in [0.05, 0.1) is 0 Å². The molecule has 148 valence electrons. The van der Waals surface area contributed by atoms with Crippen molar-refractivity contribution in [1.29, 1.82) is 0 Å². The summed E-state index contributed by atoms with van der Waals surface area (Å²) in [6.07, 6.45) is 2.42. The van der Waals surface area contributed by atoms with E-state index >= 15 is 0 Å². The van der Waals surface area contributed by atoms with Crippen LogP contribution in [0.2, 0.25) is 0 Å². The molecule has 0 saturated carbocycles. The highest BCUT2D eigenvalue weighted by Crippen LogP contribution is 2.22. The third-order valence-corrected chi connectivity index (χ3v) is 4.95. The number of amides is 2. The van der Waals surface area contributed by atoms with Gasteiger partial charge in [0, 0.05) is 30.0 Å². The van der Waals surface area contributed by atoms with Crippen LogP contribution in [0, 0.1) is 11.7 Å². The summed E-state index contributed by atoms with van der Waals surface area (Å²) < 4.78 is 13.0. The van der Waals surface area contributed by atoms with Gasteiger partial charge >= 0.3 is 0 Å². The first-order chi connectivity index (χ1) is 13.4. The van der Waals surface area contributed by atoms with Crippen molar-refractivity contribution in [2.24, 2.45) is 5.92 Å². The third-order valence-electron chi connectivity index (χ3n) is 4.95. The highest BCUT2D eigenvalue weighted by atomic mass is 19.1. The summed E-state index contributed by atoms with van der Waals surface area (Å²) in [6.45, 7) is 5.87. The van der Waals surface area contributed by atoms with Crippen LogP contribution in [0.15, 0.2) is 48.5 Å². The van der Waals surface area contributed by atoms with Crippen LogP contribution in [-0.2, 0) is 4.79 Å². The lowest BCUT2D eigenvalue weighted by molar-refractivity contribution is -0.118. The molecular weight excluding hydrogens is 357 g/mol. The summed E-state index contributed by atoms with van der Waals surface area (Å²) in [6, 6.07) is 12.3. The molecular formula is C22H26FN3O2. The van der Waals surface area contributed by atoms with Crippen LogP contribution in [0.5, 0.6) is 0 Å². The lowest BCUT2D eigenvalue weighted by atomic mass is 10.0. The fourth-order valence-electron chi connectivity index (χ4n) is 3.31. The predicted octanol–water partition coefficient (Wildman–Crippen LogP) is 3.82. The van der Waals surface area contributed by atoms with E-state index in [2.05, 4.69) is 15.5 Å². The first kappa shape index (κ1) is 19.9. The largest absolute Gasteiger partial charge is 0.372 e. The molecule has 1 aliphatic heterocycles. The van der Waals surface area contributed by atoms with Crippen LogP contribution < -0.4 is 15.5 Å². The van der Waals surface area contributed by atoms with E-state index in [1.54, 1.807) is 0 Å². The van der Waals surface area contributed by atoms with Crippen LogP contribution in [0.3, 0.4) is 0 Å². The first-order valence-corrected chi connectivity index (χ1v) is 9.66. The maximum Gasteiger partial charge on any atom is 0.251 e. The van der Waals surface area contributed by atoms with E-state index in [1.807, 2.05) is 38.1 Å². The van der Waals surface area contributed by atoms with Crippen LogP contribution in [0.25, 0.3) is 0 Å². The van der Waals surface area contributed by atoms with Crippen LogP contribution in [0.1, 0.15) is 37.0 Å². The Labute approximate surface area is 164 Å². The van der Waals surface area contributed by atoms with E-state index in [0.717, 1.165) is 18.8 Å². The van der Waals surface area contributed by atoms with Crippen molar-refractivity contribution < 1.29 is 14.0 Å². The molecule has 1 atom stereocenters. The summed E-state index contributed by atoms with van der Waals surface area (Å²) in [5.74, 6) is -1.20. The molecule has 6 heteroatoms. The molecule has 2 aromatic rings. The Morgan fingerprint density at radius 3 is 2.14 bits per heavy atom. The van der Waals surface area contributed by atoms with E-state index in [4.69, 9.17) is 0 Å². The Kier molecular flexibility index (Phi) is 6.29. The highest BCUT2D eigenvalue weighted by molar-refractivity contribution is 6.01. The van der Waals surface area contributed by atoms with Crippen molar-refractivity contribution in [3.8, 4) is 0 Å². The number of carbonyl (C=O) groups is 2. The minimum atomic E-state index is -0.698. The van der Waals surface area contributed by atoms with E-state index in [9.17, 15) is 14.0 Å². The average Bonchev–Trinajstić information content (AvgIpc) is 3.21. The predicted molar refractivity (Wildman–Crippen MR) is 109 cm³/mol. The summed E-state index contributed by atoms with van der Waals surface area (Å²) >= 11 is 0. The van der Waals surface area contributed by atoms with E-state index in [1.165, 1.54) is 37.1 Å². The van der Waals surface area contributed by atoms with Gasteiger partial charge in [0.1, 0.15) is 11.9 Å². The number of hydrogen-bond donors (Lipinski definition) is 2. The second-order valence-corrected chi connectivity index (χ2v) is 7.43. The molecule has 2 aromatic carbocycles. The quantitative estimate of drug-likeness (QED) is 0.797. The van der Waals surface area contributed by atoms with Gasteiger partial charge in [-0.25, -0.2) is 4.39 Å². The van der Waals surface area contributed by atoms with Gasteiger partial charge in [-0.3, -0.25) is 9.59 Å². The number of carbonyl (C=O) groups excluding carboxylic acids is 2. The SMILES string of the molecule is CC(C)C(NC(=O)c1ccc(F)cc1)C(=O)Nc1ccc(N2CCCC2)cc1. The molecule has 0 bridgehead atoms. The smallest absolute Gasteiger partial charge is 0.251 e. The number of nitrogens with zero attached hydrogens (tertiary/aromatic N) is 1. The van der Waals surface area contributed by atoms with Crippen molar-refractivity contribution in [2.75, 3.05) is 23.3 Å². The van der Waals surface area contributed by atoms with Crippen LogP contribution in [-0.4, -0.2) is 30.9 Å². The summed E-state index contributed by atoms with van der Waals surface area (Å²) in [4.78, 5) is 27.4. The van der Waals surface area contributed by atoms with Crippen molar-refractivity contribution >= 4 is 23.2 Å². The summed E-state index contributed by atoms with van der Waals surface area (Å²) in [7, 11) is 0. The summed E-state index contributed by atoms with van der Waals surface area (Å²) in [5, 5.41) is 5.62. The van der Waals surface area contributed by atoms with Gasteiger partial charge in [0.2, 0.25) is 5.91 Å². The second-order valence-electron chi connectivity index (χ2n) is 7.43. The van der Waals surface area contributed by atoms with Crippen molar-refractivity contribution in [3.05, 3.63) is 59.9 Å². The van der Waals surface area contributed by atoms with Crippen LogP contribution >= 0.6 is 0 Å². The fourth-order valence-corrected chi connectivity index (χ4v) is 3.31. The Balaban J connectivity index is 1.64. The maximum absolute atomic E-state index is 13.0. The fraction of sp³-hybridized carbons (Fsp3) is 0.364. The molecule has 0 aliphatic carbocycles. The Bertz CT molecular complexity index is 813. The number of nitrogens with one attached hydrogen (secondary N) is 2. The molecule has 1 fully saturated rings. The molecule has 5 nitrogen and oxygen atoms in total. The molecule has 28 heavy (non-hydrogen) atoms. The molecule has 1 heterocycles. The van der Waals surface area contributed by atoms with Crippen molar-refractivity contribution in [1.82, 2.24) is 5.32 Å². The molecule has 0 spiro atoms. The van der Waals surface area contributed by atoms with Gasteiger partial charge in [0.15, 0.2) is 0 Å². The Morgan fingerprint density at radius 1 is 0.964 bits per heavy atom. The molecule has 1 saturated heterocycles. The number of rotatable bonds is 6. The van der Waals surface area contributed by atoms with Gasteiger partial charge in [-0.1, -0.05) is 13.8 Å². The standard InChI is InChI=1S/C22H26FN3O2/c1-15(2)20(25-21(27)16-5-7-17(23)8-6-16)22(28)24-18-9-11-19(12-10-18)26-13-3-4-14-26/h5-12,15,20H,3-4,13-14H2,1-2H3,(H,24,28)(H,25,27). The van der Waals surface area contributed by atoms with Crippen molar-refractivity contribution in [2.45, 2.75) is 32.7 Å². The minimum absolute atomic E-state index is 0.103. The number of benzene rings is 2. The Morgan fingerprint density at radius 2 is 1.57 bits per heavy atom. The lowest BCUT2D eigenvalue weighted by Crippen LogP contribution is -2.47. The topological polar surface area (TPSA) is 61.4 Å². The Hall–Kier alpha value is -2.89. The zero-order valence-electron chi connectivity index (χ0n) is 16.2. The number of halogens is 1. The number of hydrogen-bond acceptors (Lipinski definition) is 3. The highest BCUT2D eigenvalue weighted by Gasteiger charge is 2.25. The normalized spacial score (nSPS) is 14.8. The van der Waals surface area contributed by atoms with Crippen LogP contribution in [0.4, 0.5) is 15.8 Å². The zero-order valence-corrected chi connectivity index (χ0v) is 16.2. The summed E-state index contributed by atoms with van der Waals surface area (Å²) in [5.41, 5.74) is 2.16. The molecule has 0 aromatic heterocycles. The maximum atomic E-state index is 13.0. The van der Waals surface area contributed by atoms with E-state index in [-0.39, 0.29) is 11.8 Å². The zero-order chi connectivity index (χ0) is 20.1. The second kappa shape index (κ2) is 8.87. The van der Waals surface area contributed by atoms with Gasteiger partial charge in [-0.15, -0.1) is 0 Å². The van der Waals surface area contributed by atoms with E-state index < -0.39 is 17.8 Å². The van der Waals surface area contributed by atoms with E-state index in [0.29, 0.717) is 11.3 Å². The van der Waals surface area contributed by atoms with Gasteiger partial charge in [-0.05, 0) is 67.3 Å². The van der Waals surface area contributed by atoms with Crippen molar-refractivity contribution in [3.63, 3.8) is 0 Å². The van der Waals surface area contributed by atoms with Gasteiger partial charge in [-0.2, -0.15) is 0 Å². The van der Waals surface area contributed by atoms with Gasteiger partial charge in [0.25, 0.3) is 5.91 Å². The molecule has 2 amide bonds. The minimum Gasteiger partial charge on any atom is -0.372 e. The molecule has 1 unspecified atom stereocenters. The molecule has 1 aliphatic rings. The monoisotopic (exact) mass is 383 g/mol. The third kappa shape index (κ3) is 4.88. The molecule has 0 radical (unpaired) electrons.